The number of aryl methyl sites for hydroxylation is 1. The smallest absolute Gasteiger partial charge is 0.323 e. The second-order valence-electron chi connectivity index (χ2n) is 5.20. The van der Waals surface area contributed by atoms with E-state index in [0.29, 0.717) is 13.2 Å². The first kappa shape index (κ1) is 19.2. The minimum atomic E-state index is -0.277. The fraction of sp³-hybridized carbons (Fsp3) is 0.316. The highest BCUT2D eigenvalue weighted by molar-refractivity contribution is 5.85. The summed E-state index contributed by atoms with van der Waals surface area (Å²) in [4.78, 5) is 12.1. The number of esters is 1. The van der Waals surface area contributed by atoms with Gasteiger partial charge in [0.25, 0.3) is 0 Å². The maximum Gasteiger partial charge on any atom is 0.323 e. The maximum absolute atomic E-state index is 12.1. The van der Waals surface area contributed by atoms with Crippen molar-refractivity contribution in [3.63, 3.8) is 0 Å². The fourth-order valence-corrected chi connectivity index (χ4v) is 2.34. The zero-order chi connectivity index (χ0) is 15.6. The summed E-state index contributed by atoms with van der Waals surface area (Å²) in [7, 11) is 0. The Morgan fingerprint density at radius 2 is 1.57 bits per heavy atom. The molecule has 0 aliphatic rings. The van der Waals surface area contributed by atoms with Crippen LogP contribution in [0, 0.1) is 0 Å². The highest BCUT2D eigenvalue weighted by Crippen LogP contribution is 2.08. The van der Waals surface area contributed by atoms with E-state index in [0.717, 1.165) is 18.4 Å². The normalized spacial score (nSPS) is 11.3. The van der Waals surface area contributed by atoms with Gasteiger partial charge in [-0.15, -0.1) is 12.4 Å². The van der Waals surface area contributed by atoms with Crippen molar-refractivity contribution in [3.05, 3.63) is 71.8 Å². The van der Waals surface area contributed by atoms with Crippen LogP contribution in [0.15, 0.2) is 60.7 Å². The van der Waals surface area contributed by atoms with Crippen molar-refractivity contribution in [1.29, 1.82) is 0 Å². The minimum absolute atomic E-state index is 0. The monoisotopic (exact) mass is 333 g/mol. The topological polar surface area (TPSA) is 38.3 Å². The van der Waals surface area contributed by atoms with Crippen LogP contribution >= 0.6 is 12.4 Å². The number of carbonyl (C=O) groups is 1. The SMILES string of the molecule is CCOC(=O)[C@H](CCc1ccccc1)NCc1ccccc1.Cl. The lowest BCUT2D eigenvalue weighted by Crippen LogP contribution is -2.38. The number of carbonyl (C=O) groups excluding carboxylic acids is 1. The number of rotatable bonds is 8. The van der Waals surface area contributed by atoms with Gasteiger partial charge in [0.05, 0.1) is 6.61 Å². The molecule has 0 aliphatic carbocycles. The molecule has 1 N–H and O–H groups in total. The summed E-state index contributed by atoms with van der Waals surface area (Å²) < 4.78 is 5.18. The Hall–Kier alpha value is -1.84. The predicted molar refractivity (Wildman–Crippen MR) is 95.7 cm³/mol. The van der Waals surface area contributed by atoms with Crippen LogP contribution in [0.5, 0.6) is 0 Å². The lowest BCUT2D eigenvalue weighted by Gasteiger charge is -2.17. The van der Waals surface area contributed by atoms with Crippen LogP contribution in [0.1, 0.15) is 24.5 Å². The summed E-state index contributed by atoms with van der Waals surface area (Å²) in [6, 6.07) is 20.0. The molecule has 2 rings (SSSR count). The average Bonchev–Trinajstić information content (AvgIpc) is 2.57. The maximum atomic E-state index is 12.1. The van der Waals surface area contributed by atoms with E-state index in [1.165, 1.54) is 5.56 Å². The zero-order valence-corrected chi connectivity index (χ0v) is 14.2. The van der Waals surface area contributed by atoms with Gasteiger partial charge in [0.15, 0.2) is 0 Å². The first-order valence-electron chi connectivity index (χ1n) is 7.77. The minimum Gasteiger partial charge on any atom is -0.465 e. The van der Waals surface area contributed by atoms with Gasteiger partial charge in [0.1, 0.15) is 6.04 Å². The molecule has 2 aromatic rings. The number of halogens is 1. The van der Waals surface area contributed by atoms with Crippen molar-refractivity contribution >= 4 is 18.4 Å². The molecule has 0 saturated carbocycles. The highest BCUT2D eigenvalue weighted by atomic mass is 35.5. The van der Waals surface area contributed by atoms with Crippen molar-refractivity contribution in [2.75, 3.05) is 6.61 Å². The van der Waals surface area contributed by atoms with Gasteiger partial charge in [-0.1, -0.05) is 60.7 Å². The van der Waals surface area contributed by atoms with E-state index in [1.54, 1.807) is 0 Å². The van der Waals surface area contributed by atoms with Crippen molar-refractivity contribution in [3.8, 4) is 0 Å². The number of ether oxygens (including phenoxy) is 1. The van der Waals surface area contributed by atoms with Gasteiger partial charge >= 0.3 is 5.97 Å². The molecule has 0 aliphatic heterocycles. The molecule has 0 heterocycles. The van der Waals surface area contributed by atoms with E-state index in [1.807, 2.05) is 55.5 Å². The third-order valence-corrected chi connectivity index (χ3v) is 3.53. The Bertz CT molecular complexity index is 517. The van der Waals surface area contributed by atoms with Gasteiger partial charge in [-0.05, 0) is 30.9 Å². The Morgan fingerprint density at radius 3 is 2.13 bits per heavy atom. The van der Waals surface area contributed by atoms with E-state index < -0.39 is 0 Å². The van der Waals surface area contributed by atoms with E-state index in [-0.39, 0.29) is 24.4 Å². The molecule has 2 aromatic carbocycles. The van der Waals surface area contributed by atoms with Crippen molar-refractivity contribution in [2.45, 2.75) is 32.4 Å². The molecular formula is C19H24ClNO2. The average molecular weight is 334 g/mol. The molecule has 0 fully saturated rings. The molecule has 124 valence electrons. The number of nitrogens with one attached hydrogen (secondary N) is 1. The number of hydrogen-bond acceptors (Lipinski definition) is 3. The van der Waals surface area contributed by atoms with Gasteiger partial charge < -0.3 is 10.1 Å². The molecule has 0 unspecified atom stereocenters. The van der Waals surface area contributed by atoms with Gasteiger partial charge in [0.2, 0.25) is 0 Å². The summed E-state index contributed by atoms with van der Waals surface area (Å²) in [5.41, 5.74) is 2.40. The molecule has 3 nitrogen and oxygen atoms in total. The molecule has 0 spiro atoms. The van der Waals surface area contributed by atoms with Gasteiger partial charge in [-0.3, -0.25) is 4.79 Å². The van der Waals surface area contributed by atoms with E-state index >= 15 is 0 Å². The van der Waals surface area contributed by atoms with Crippen LogP contribution in [-0.2, 0) is 22.5 Å². The van der Waals surface area contributed by atoms with Crippen LogP contribution in [0.4, 0.5) is 0 Å². The van der Waals surface area contributed by atoms with Crippen LogP contribution in [-0.4, -0.2) is 18.6 Å². The van der Waals surface area contributed by atoms with Gasteiger partial charge in [-0.2, -0.15) is 0 Å². The molecule has 4 heteroatoms. The summed E-state index contributed by atoms with van der Waals surface area (Å²) in [5, 5.41) is 3.32. The third kappa shape index (κ3) is 6.85. The van der Waals surface area contributed by atoms with Crippen molar-refractivity contribution in [2.24, 2.45) is 0 Å². The molecule has 23 heavy (non-hydrogen) atoms. The molecule has 0 saturated heterocycles. The van der Waals surface area contributed by atoms with Crippen LogP contribution < -0.4 is 5.32 Å². The molecule has 0 bridgehead atoms. The Morgan fingerprint density at radius 1 is 1.00 bits per heavy atom. The highest BCUT2D eigenvalue weighted by Gasteiger charge is 2.18. The lowest BCUT2D eigenvalue weighted by molar-refractivity contribution is -0.145. The van der Waals surface area contributed by atoms with E-state index in [9.17, 15) is 4.79 Å². The van der Waals surface area contributed by atoms with Crippen molar-refractivity contribution < 1.29 is 9.53 Å². The lowest BCUT2D eigenvalue weighted by atomic mass is 10.0. The van der Waals surface area contributed by atoms with Gasteiger partial charge in [-0.25, -0.2) is 0 Å². The molecule has 1 atom stereocenters. The number of benzene rings is 2. The third-order valence-electron chi connectivity index (χ3n) is 3.53. The fourth-order valence-electron chi connectivity index (χ4n) is 2.34. The van der Waals surface area contributed by atoms with Crippen LogP contribution in [0.2, 0.25) is 0 Å². The Balaban J connectivity index is 0.00000264. The second-order valence-corrected chi connectivity index (χ2v) is 5.20. The van der Waals surface area contributed by atoms with Crippen LogP contribution in [0.25, 0.3) is 0 Å². The van der Waals surface area contributed by atoms with E-state index in [4.69, 9.17) is 4.74 Å². The quantitative estimate of drug-likeness (QED) is 0.747. The molecular weight excluding hydrogens is 310 g/mol. The summed E-state index contributed by atoms with van der Waals surface area (Å²) in [6.07, 6.45) is 1.59. The predicted octanol–water partition coefficient (Wildman–Crippen LogP) is 3.76. The Kier molecular flexibility index (Phi) is 9.03. The van der Waals surface area contributed by atoms with E-state index in [2.05, 4.69) is 17.4 Å². The number of hydrogen-bond donors (Lipinski definition) is 1. The molecule has 0 aromatic heterocycles. The zero-order valence-electron chi connectivity index (χ0n) is 13.4. The van der Waals surface area contributed by atoms with Gasteiger partial charge in [0, 0.05) is 6.54 Å². The first-order chi connectivity index (χ1) is 10.8. The standard InChI is InChI=1S/C19H23NO2.ClH/c1-2-22-19(21)18(14-13-16-9-5-3-6-10-16)20-15-17-11-7-4-8-12-17;/h3-12,18,20H,2,13-15H2,1H3;1H/t18-;/m0./s1. The molecule has 0 radical (unpaired) electrons. The summed E-state index contributed by atoms with van der Waals surface area (Å²) in [6.45, 7) is 2.91. The first-order valence-corrected chi connectivity index (χ1v) is 7.77. The summed E-state index contributed by atoms with van der Waals surface area (Å²) >= 11 is 0. The van der Waals surface area contributed by atoms with Crippen LogP contribution in [0.3, 0.4) is 0 Å². The van der Waals surface area contributed by atoms with Crippen molar-refractivity contribution in [1.82, 2.24) is 5.32 Å². The summed E-state index contributed by atoms with van der Waals surface area (Å²) in [5.74, 6) is -0.172. The Labute approximate surface area is 144 Å². The molecule has 0 amide bonds. The largest absolute Gasteiger partial charge is 0.465 e. The second kappa shape index (κ2) is 10.8.